The lowest BCUT2D eigenvalue weighted by Gasteiger charge is -2.05. The molecule has 3 rings (SSSR count). The quantitative estimate of drug-likeness (QED) is 0.347. The second-order valence-electron chi connectivity index (χ2n) is 6.39. The van der Waals surface area contributed by atoms with Gasteiger partial charge in [0.25, 0.3) is 0 Å². The minimum Gasteiger partial charge on any atom is -0.478 e. The van der Waals surface area contributed by atoms with Gasteiger partial charge in [-0.05, 0) is 36.4 Å². The molecule has 1 heterocycles. The van der Waals surface area contributed by atoms with Crippen molar-refractivity contribution >= 4 is 56.6 Å². The monoisotopic (exact) mass is 485 g/mol. The lowest BCUT2D eigenvalue weighted by molar-refractivity contribution is -0.124. The summed E-state index contributed by atoms with van der Waals surface area (Å²) in [4.78, 5) is 47.2. The van der Waals surface area contributed by atoms with Crippen LogP contribution < -0.4 is 16.2 Å². The number of amides is 2. The van der Waals surface area contributed by atoms with E-state index in [4.69, 9.17) is 9.52 Å². The standard InChI is InChI=1S/C21H16BrN3O6/c22-14-4-5-17-16(9-14)20(28)13(11-31-17)10-23-25-19(27)7-6-18(26)24-15-3-1-2-12(8-15)21(29)30/h1-5,8-11H,6-7H2,(H,24,26)(H,25,27)(H,29,30)/b23-10-. The fourth-order valence-corrected chi connectivity index (χ4v) is 2.98. The number of hydrogen-bond donors (Lipinski definition) is 3. The molecule has 2 amide bonds. The van der Waals surface area contributed by atoms with Crippen LogP contribution in [0.25, 0.3) is 11.0 Å². The van der Waals surface area contributed by atoms with Crippen molar-refractivity contribution in [2.75, 3.05) is 5.32 Å². The summed E-state index contributed by atoms with van der Waals surface area (Å²) < 4.78 is 6.11. The number of carbonyl (C=O) groups excluding carboxylic acids is 2. The van der Waals surface area contributed by atoms with E-state index >= 15 is 0 Å². The Morgan fingerprint density at radius 1 is 1.10 bits per heavy atom. The summed E-state index contributed by atoms with van der Waals surface area (Å²) in [6.07, 6.45) is 2.13. The third-order valence-corrected chi connectivity index (χ3v) is 4.62. The van der Waals surface area contributed by atoms with Gasteiger partial charge >= 0.3 is 5.97 Å². The SMILES string of the molecule is O=C(CCC(=O)Nc1cccc(C(=O)O)c1)N/N=C\c1coc2ccc(Br)cc2c1=O. The minimum atomic E-state index is -1.11. The number of rotatable bonds is 7. The van der Waals surface area contributed by atoms with E-state index in [1.54, 1.807) is 24.3 Å². The summed E-state index contributed by atoms with van der Waals surface area (Å²) in [7, 11) is 0. The van der Waals surface area contributed by atoms with Crippen molar-refractivity contribution in [3.05, 3.63) is 74.6 Å². The Bertz CT molecular complexity index is 1250. The van der Waals surface area contributed by atoms with E-state index < -0.39 is 17.8 Å². The number of halogens is 1. The number of carboxylic acids is 1. The maximum absolute atomic E-state index is 12.4. The molecular weight excluding hydrogens is 470 g/mol. The molecule has 0 radical (unpaired) electrons. The Hall–Kier alpha value is -3.79. The predicted octanol–water partition coefficient (Wildman–Crippen LogP) is 3.12. The first kappa shape index (κ1) is 21.9. The van der Waals surface area contributed by atoms with E-state index in [1.807, 2.05) is 0 Å². The van der Waals surface area contributed by atoms with Crippen LogP contribution in [0, 0.1) is 0 Å². The first-order valence-corrected chi connectivity index (χ1v) is 9.79. The van der Waals surface area contributed by atoms with Gasteiger partial charge in [0, 0.05) is 23.0 Å². The van der Waals surface area contributed by atoms with Crippen molar-refractivity contribution in [3.63, 3.8) is 0 Å². The number of fused-ring (bicyclic) bond motifs is 1. The zero-order chi connectivity index (χ0) is 22.4. The predicted molar refractivity (Wildman–Crippen MR) is 117 cm³/mol. The van der Waals surface area contributed by atoms with Crippen molar-refractivity contribution in [2.24, 2.45) is 5.10 Å². The molecule has 9 nitrogen and oxygen atoms in total. The smallest absolute Gasteiger partial charge is 0.335 e. The summed E-state index contributed by atoms with van der Waals surface area (Å²) in [5.41, 5.74) is 2.88. The summed E-state index contributed by atoms with van der Waals surface area (Å²) in [6, 6.07) is 10.8. The third-order valence-electron chi connectivity index (χ3n) is 4.13. The number of benzene rings is 2. The highest BCUT2D eigenvalue weighted by molar-refractivity contribution is 9.10. The van der Waals surface area contributed by atoms with Gasteiger partial charge in [0.1, 0.15) is 11.8 Å². The first-order valence-electron chi connectivity index (χ1n) is 8.99. The van der Waals surface area contributed by atoms with Gasteiger partial charge in [-0.15, -0.1) is 0 Å². The number of carbonyl (C=O) groups is 3. The fourth-order valence-electron chi connectivity index (χ4n) is 2.62. The number of hydrogen-bond acceptors (Lipinski definition) is 6. The molecular formula is C21H16BrN3O6. The molecule has 3 aromatic rings. The molecule has 0 aliphatic heterocycles. The zero-order valence-corrected chi connectivity index (χ0v) is 17.5. The highest BCUT2D eigenvalue weighted by Gasteiger charge is 2.09. The van der Waals surface area contributed by atoms with Gasteiger partial charge in [0.05, 0.1) is 22.7 Å². The first-order chi connectivity index (χ1) is 14.8. The lowest BCUT2D eigenvalue weighted by atomic mass is 10.2. The van der Waals surface area contributed by atoms with Crippen molar-refractivity contribution in [3.8, 4) is 0 Å². The van der Waals surface area contributed by atoms with Gasteiger partial charge in [-0.2, -0.15) is 5.10 Å². The fraction of sp³-hybridized carbons (Fsp3) is 0.0952. The molecule has 0 saturated heterocycles. The van der Waals surface area contributed by atoms with E-state index in [0.29, 0.717) is 16.7 Å². The minimum absolute atomic E-state index is 0.0374. The maximum atomic E-state index is 12.4. The Kier molecular flexibility index (Phi) is 6.93. The van der Waals surface area contributed by atoms with Crippen LogP contribution in [0.3, 0.4) is 0 Å². The molecule has 0 spiro atoms. The highest BCUT2D eigenvalue weighted by Crippen LogP contribution is 2.17. The number of aromatic carboxylic acids is 1. The van der Waals surface area contributed by atoms with E-state index in [-0.39, 0.29) is 29.4 Å². The van der Waals surface area contributed by atoms with E-state index in [2.05, 4.69) is 31.8 Å². The Balaban J connectivity index is 1.53. The van der Waals surface area contributed by atoms with Crippen LogP contribution in [0.15, 0.2) is 67.5 Å². The molecule has 0 bridgehead atoms. The van der Waals surface area contributed by atoms with Crippen LogP contribution in [0.5, 0.6) is 0 Å². The van der Waals surface area contributed by atoms with Crippen molar-refractivity contribution < 1.29 is 23.9 Å². The van der Waals surface area contributed by atoms with Gasteiger partial charge in [0.15, 0.2) is 0 Å². The number of carboxylic acid groups (broad SMARTS) is 1. The molecule has 0 aliphatic rings. The van der Waals surface area contributed by atoms with Gasteiger partial charge in [-0.1, -0.05) is 22.0 Å². The molecule has 0 fully saturated rings. The number of nitrogens with one attached hydrogen (secondary N) is 2. The Morgan fingerprint density at radius 3 is 2.65 bits per heavy atom. The summed E-state index contributed by atoms with van der Waals surface area (Å²) in [5, 5.41) is 15.6. The van der Waals surface area contributed by atoms with Crippen LogP contribution >= 0.6 is 15.9 Å². The van der Waals surface area contributed by atoms with Crippen LogP contribution in [0.2, 0.25) is 0 Å². The van der Waals surface area contributed by atoms with Crippen LogP contribution in [-0.2, 0) is 9.59 Å². The van der Waals surface area contributed by atoms with Gasteiger partial charge < -0.3 is 14.8 Å². The van der Waals surface area contributed by atoms with Gasteiger partial charge in [-0.3, -0.25) is 14.4 Å². The maximum Gasteiger partial charge on any atom is 0.335 e. The number of hydrazone groups is 1. The molecule has 0 aliphatic carbocycles. The Labute approximate surface area is 183 Å². The summed E-state index contributed by atoms with van der Waals surface area (Å²) >= 11 is 3.29. The van der Waals surface area contributed by atoms with Crippen LogP contribution in [-0.4, -0.2) is 29.1 Å². The lowest BCUT2D eigenvalue weighted by Crippen LogP contribution is -2.21. The number of nitrogens with zero attached hydrogens (tertiary/aromatic N) is 1. The summed E-state index contributed by atoms with van der Waals surface area (Å²) in [5.74, 6) is -2.09. The molecule has 10 heteroatoms. The summed E-state index contributed by atoms with van der Waals surface area (Å²) in [6.45, 7) is 0. The van der Waals surface area contributed by atoms with E-state index in [9.17, 15) is 19.2 Å². The molecule has 2 aromatic carbocycles. The average Bonchev–Trinajstić information content (AvgIpc) is 2.74. The largest absolute Gasteiger partial charge is 0.478 e. The van der Waals surface area contributed by atoms with Crippen LogP contribution in [0.4, 0.5) is 5.69 Å². The van der Waals surface area contributed by atoms with Gasteiger partial charge in [-0.25, -0.2) is 10.2 Å². The van der Waals surface area contributed by atoms with Crippen molar-refractivity contribution in [1.82, 2.24) is 5.43 Å². The van der Waals surface area contributed by atoms with Crippen molar-refractivity contribution in [1.29, 1.82) is 0 Å². The zero-order valence-electron chi connectivity index (χ0n) is 15.9. The highest BCUT2D eigenvalue weighted by atomic mass is 79.9. The molecule has 31 heavy (non-hydrogen) atoms. The topological polar surface area (TPSA) is 138 Å². The van der Waals surface area contributed by atoms with Crippen LogP contribution in [0.1, 0.15) is 28.8 Å². The third kappa shape index (κ3) is 5.86. The molecule has 0 atom stereocenters. The molecule has 0 saturated carbocycles. The average molecular weight is 486 g/mol. The molecule has 0 unspecified atom stereocenters. The normalized spacial score (nSPS) is 10.9. The van der Waals surface area contributed by atoms with Gasteiger partial charge in [0.2, 0.25) is 17.2 Å². The van der Waals surface area contributed by atoms with E-state index in [1.165, 1.54) is 30.7 Å². The Morgan fingerprint density at radius 2 is 1.87 bits per heavy atom. The molecule has 3 N–H and O–H groups in total. The molecule has 158 valence electrons. The van der Waals surface area contributed by atoms with Crippen molar-refractivity contribution in [2.45, 2.75) is 12.8 Å². The number of anilines is 1. The second-order valence-corrected chi connectivity index (χ2v) is 7.30. The molecule has 1 aromatic heterocycles. The second kappa shape index (κ2) is 9.81. The van der Waals surface area contributed by atoms with E-state index in [0.717, 1.165) is 4.47 Å².